The number of hydrogen-bond acceptors (Lipinski definition) is 0. The zero-order valence-corrected chi connectivity index (χ0v) is 17.3. The predicted octanol–water partition coefficient (Wildman–Crippen LogP) is 6.29. The first-order chi connectivity index (χ1) is 11.6. The number of rotatable bonds is 3. The molecule has 2 atom stereocenters. The Balaban J connectivity index is 1.72. The van der Waals surface area contributed by atoms with E-state index < -0.39 is 0 Å². The summed E-state index contributed by atoms with van der Waals surface area (Å²) >= 11 is -0.167. The van der Waals surface area contributed by atoms with Crippen LogP contribution in [-0.4, -0.2) is 13.3 Å². The average Bonchev–Trinajstić information content (AvgIpc) is 3.15. The molecule has 0 saturated heterocycles. The van der Waals surface area contributed by atoms with E-state index in [0.717, 1.165) is 0 Å². The van der Waals surface area contributed by atoms with Gasteiger partial charge in [0.1, 0.15) is 0 Å². The molecule has 0 N–H and O–H groups in total. The van der Waals surface area contributed by atoms with E-state index in [9.17, 15) is 0 Å². The Labute approximate surface area is 155 Å². The van der Waals surface area contributed by atoms with Crippen LogP contribution in [0, 0.1) is 13.8 Å². The van der Waals surface area contributed by atoms with Gasteiger partial charge in [0.05, 0.1) is 0 Å². The fraction of sp³-hybridized carbons (Fsp3) is 0.273. The van der Waals surface area contributed by atoms with Crippen LogP contribution in [0.15, 0.2) is 47.8 Å². The fourth-order valence-corrected chi connectivity index (χ4v) is 9.37. The Kier molecular flexibility index (Phi) is 4.42. The minimum atomic E-state index is -0.167. The van der Waals surface area contributed by atoms with E-state index in [4.69, 9.17) is 0 Å². The molecule has 2 unspecified atom stereocenters. The van der Waals surface area contributed by atoms with Crippen molar-refractivity contribution in [3.05, 3.63) is 81.2 Å². The first-order valence-corrected chi connectivity index (χ1v) is 12.6. The zero-order chi connectivity index (χ0) is 16.8. The molecular weight excluding hydrogens is 343 g/mol. The summed E-state index contributed by atoms with van der Waals surface area (Å²) in [6.45, 7) is 9.37. The van der Waals surface area contributed by atoms with E-state index in [1.807, 2.05) is 0 Å². The number of benzene rings is 2. The summed E-state index contributed by atoms with van der Waals surface area (Å²) in [6.07, 6.45) is 7.38. The van der Waals surface area contributed by atoms with Gasteiger partial charge >= 0.3 is 156 Å². The van der Waals surface area contributed by atoms with Crippen molar-refractivity contribution in [2.24, 2.45) is 0 Å². The Morgan fingerprint density at radius 1 is 0.958 bits per heavy atom. The molecule has 0 heterocycles. The molecule has 0 aromatic heterocycles. The van der Waals surface area contributed by atoms with Crippen LogP contribution in [-0.2, 0) is 19.2 Å². The second kappa shape index (κ2) is 6.42. The van der Waals surface area contributed by atoms with Crippen molar-refractivity contribution in [1.82, 2.24) is 0 Å². The SMILES string of the molecule is Cc1ccc(C)c2c1C=C[CH]2[Ti][CH]1C(P(C)C)=Cc2ccccc21. The van der Waals surface area contributed by atoms with Crippen LogP contribution in [0.25, 0.3) is 12.2 Å². The van der Waals surface area contributed by atoms with Crippen LogP contribution in [0.1, 0.15) is 41.8 Å². The van der Waals surface area contributed by atoms with Crippen molar-refractivity contribution < 1.29 is 19.2 Å². The van der Waals surface area contributed by atoms with Gasteiger partial charge in [0.25, 0.3) is 0 Å². The molecule has 0 nitrogen and oxygen atoms in total. The predicted molar refractivity (Wildman–Crippen MR) is 104 cm³/mol. The molecule has 4 rings (SSSR count). The Morgan fingerprint density at radius 3 is 2.50 bits per heavy atom. The van der Waals surface area contributed by atoms with E-state index in [1.54, 1.807) is 16.4 Å². The molecule has 2 aromatic carbocycles. The molecule has 2 heteroatoms. The van der Waals surface area contributed by atoms with Crippen LogP contribution >= 0.6 is 7.92 Å². The Morgan fingerprint density at radius 2 is 1.71 bits per heavy atom. The van der Waals surface area contributed by atoms with Gasteiger partial charge in [0.2, 0.25) is 0 Å². The third-order valence-electron chi connectivity index (χ3n) is 5.26. The Bertz CT molecular complexity index is 860. The average molecular weight is 366 g/mol. The maximum absolute atomic E-state index is 2.50. The number of allylic oxidation sites excluding steroid dienone is 2. The second-order valence-electron chi connectivity index (χ2n) is 7.06. The van der Waals surface area contributed by atoms with Crippen LogP contribution in [0.2, 0.25) is 0 Å². The van der Waals surface area contributed by atoms with Gasteiger partial charge in [-0.2, -0.15) is 0 Å². The fourth-order valence-electron chi connectivity index (χ4n) is 3.97. The van der Waals surface area contributed by atoms with Gasteiger partial charge in [-0.3, -0.25) is 0 Å². The molecule has 0 bridgehead atoms. The van der Waals surface area contributed by atoms with Gasteiger partial charge in [0.15, 0.2) is 0 Å². The van der Waals surface area contributed by atoms with E-state index in [2.05, 4.69) is 81.8 Å². The van der Waals surface area contributed by atoms with Gasteiger partial charge in [-0.25, -0.2) is 0 Å². The summed E-state index contributed by atoms with van der Waals surface area (Å²) in [5.74, 6) is 0. The van der Waals surface area contributed by atoms with Crippen LogP contribution in [0.5, 0.6) is 0 Å². The molecule has 0 amide bonds. The quantitative estimate of drug-likeness (QED) is 0.442. The number of hydrogen-bond donors (Lipinski definition) is 0. The van der Waals surface area contributed by atoms with Crippen LogP contribution in [0.3, 0.4) is 0 Å². The molecule has 0 radical (unpaired) electrons. The standard InChI is InChI=1S/C11H12P.C11H11.Ti/c1-12(2)11-7-9-5-3-4-6-10(9)8-11;1-8-6-7-9(2)11-5-3-4-10(8)11;/h3-8H,1-2H3;3-7H,1-2H3;. The van der Waals surface area contributed by atoms with Gasteiger partial charge in [-0.1, -0.05) is 0 Å². The second-order valence-corrected chi connectivity index (χ2v) is 11.8. The topological polar surface area (TPSA) is 0 Å². The van der Waals surface area contributed by atoms with Crippen molar-refractivity contribution in [2.45, 2.75) is 22.3 Å². The molecule has 2 aliphatic carbocycles. The van der Waals surface area contributed by atoms with E-state index >= 15 is 0 Å². The van der Waals surface area contributed by atoms with Crippen molar-refractivity contribution in [2.75, 3.05) is 13.3 Å². The summed E-state index contributed by atoms with van der Waals surface area (Å²) in [4.78, 5) is 0. The van der Waals surface area contributed by atoms with Crippen molar-refractivity contribution >= 4 is 20.1 Å². The summed E-state index contributed by atoms with van der Waals surface area (Å²) in [5.41, 5.74) is 9.08. The maximum atomic E-state index is 2.50. The minimum absolute atomic E-state index is 0.0204. The van der Waals surface area contributed by atoms with E-state index in [1.165, 1.54) is 22.3 Å². The van der Waals surface area contributed by atoms with Crippen LogP contribution in [0.4, 0.5) is 0 Å². The van der Waals surface area contributed by atoms with E-state index in [-0.39, 0.29) is 27.1 Å². The Hall–Kier alpha value is -0.936. The monoisotopic (exact) mass is 366 g/mol. The number of aryl methyl sites for hydroxylation is 2. The van der Waals surface area contributed by atoms with Crippen LogP contribution < -0.4 is 0 Å². The normalized spacial score (nSPS) is 21.0. The van der Waals surface area contributed by atoms with Crippen molar-refractivity contribution in [1.29, 1.82) is 0 Å². The molecule has 2 aliphatic rings. The van der Waals surface area contributed by atoms with Gasteiger partial charge < -0.3 is 0 Å². The summed E-state index contributed by atoms with van der Waals surface area (Å²) < 4.78 is 1.39. The van der Waals surface area contributed by atoms with Gasteiger partial charge in [0, 0.05) is 0 Å². The molecular formula is C22H23PTi. The number of fused-ring (bicyclic) bond motifs is 2. The molecule has 2 aromatic rings. The van der Waals surface area contributed by atoms with Crippen molar-refractivity contribution in [3.63, 3.8) is 0 Å². The summed E-state index contributed by atoms with van der Waals surface area (Å²) in [5, 5.41) is 1.72. The zero-order valence-electron chi connectivity index (χ0n) is 14.8. The molecule has 0 spiro atoms. The molecule has 120 valence electrons. The molecule has 0 saturated carbocycles. The van der Waals surface area contributed by atoms with E-state index in [0.29, 0.717) is 8.45 Å². The summed E-state index contributed by atoms with van der Waals surface area (Å²) in [7, 11) is -0.0204. The van der Waals surface area contributed by atoms with Crippen molar-refractivity contribution in [3.8, 4) is 0 Å². The van der Waals surface area contributed by atoms with Gasteiger partial charge in [-0.05, 0) is 0 Å². The first kappa shape index (κ1) is 16.5. The summed E-state index contributed by atoms with van der Waals surface area (Å²) in [6, 6.07) is 13.7. The third kappa shape index (κ3) is 2.70. The first-order valence-electron chi connectivity index (χ1n) is 8.58. The molecule has 0 aliphatic heterocycles. The molecule has 0 fully saturated rings. The molecule has 24 heavy (non-hydrogen) atoms. The third-order valence-corrected chi connectivity index (χ3v) is 9.86. The van der Waals surface area contributed by atoms with Gasteiger partial charge in [-0.15, -0.1) is 0 Å².